The van der Waals surface area contributed by atoms with Crippen LogP contribution in [0.25, 0.3) is 0 Å². The third-order valence-corrected chi connectivity index (χ3v) is 1.47. The molecule has 0 saturated heterocycles. The minimum atomic E-state index is 0.276. The molecule has 0 amide bonds. The van der Waals surface area contributed by atoms with Crippen molar-refractivity contribution < 1.29 is 5.11 Å². The first-order valence-electron chi connectivity index (χ1n) is 3.90. The fourth-order valence-electron chi connectivity index (χ4n) is 0.846. The summed E-state index contributed by atoms with van der Waals surface area (Å²) in [5.41, 5.74) is 1.19. The van der Waals surface area contributed by atoms with Gasteiger partial charge in [-0.1, -0.05) is 31.4 Å². The molecule has 0 saturated carbocycles. The lowest BCUT2D eigenvalue weighted by molar-refractivity contribution is 0.285. The van der Waals surface area contributed by atoms with Crippen molar-refractivity contribution in [3.63, 3.8) is 0 Å². The number of allylic oxidation sites excluding steroid dienone is 4. The van der Waals surface area contributed by atoms with Crippen molar-refractivity contribution in [1.82, 2.24) is 0 Å². The molecule has 1 N–H and O–H groups in total. The Morgan fingerprint density at radius 2 is 2.00 bits per heavy atom. The zero-order valence-corrected chi connectivity index (χ0v) is 6.92. The van der Waals surface area contributed by atoms with Gasteiger partial charge in [-0.3, -0.25) is 0 Å². The van der Waals surface area contributed by atoms with Gasteiger partial charge >= 0.3 is 0 Å². The van der Waals surface area contributed by atoms with Gasteiger partial charge < -0.3 is 5.11 Å². The molecule has 1 nitrogen and oxygen atoms in total. The van der Waals surface area contributed by atoms with E-state index in [1.165, 1.54) is 5.57 Å². The van der Waals surface area contributed by atoms with E-state index >= 15 is 0 Å². The quantitative estimate of drug-likeness (QED) is 0.458. The molecule has 0 fully saturated rings. The molecule has 0 spiro atoms. The van der Waals surface area contributed by atoms with Crippen LogP contribution in [0.5, 0.6) is 0 Å². The first-order valence-corrected chi connectivity index (χ1v) is 3.90. The highest BCUT2D eigenvalue weighted by Crippen LogP contribution is 2.07. The zero-order chi connectivity index (χ0) is 8.53. The average Bonchev–Trinajstić information content (AvgIpc) is 2.03. The number of hydrogen-bond donors (Lipinski definition) is 1. The molecule has 0 aliphatic rings. The number of hydrogen-bond acceptors (Lipinski definition) is 1. The maximum Gasteiger partial charge on any atom is 0.0431 e. The average molecular weight is 152 g/mol. The minimum Gasteiger partial charge on any atom is -0.396 e. The number of rotatable bonds is 6. The van der Waals surface area contributed by atoms with Gasteiger partial charge in [-0.05, 0) is 24.8 Å². The molecule has 0 aromatic rings. The van der Waals surface area contributed by atoms with Gasteiger partial charge in [0.25, 0.3) is 0 Å². The molecule has 1 heteroatoms. The predicted octanol–water partition coefficient (Wildman–Crippen LogP) is 2.45. The summed E-state index contributed by atoms with van der Waals surface area (Å²) in [5.74, 6) is 0. The summed E-state index contributed by atoms with van der Waals surface area (Å²) in [6.45, 7) is 7.56. The molecule has 0 unspecified atom stereocenters. The predicted molar refractivity (Wildman–Crippen MR) is 49.4 cm³/mol. The minimum absolute atomic E-state index is 0.276. The monoisotopic (exact) mass is 152 g/mol. The molecule has 62 valence electrons. The Kier molecular flexibility index (Phi) is 6.75. The smallest absolute Gasteiger partial charge is 0.0431 e. The molecule has 0 aliphatic carbocycles. The van der Waals surface area contributed by atoms with Crippen LogP contribution >= 0.6 is 0 Å². The fraction of sp³-hybridized carbons (Fsp3) is 0.400. The fourth-order valence-corrected chi connectivity index (χ4v) is 0.846. The van der Waals surface area contributed by atoms with E-state index < -0.39 is 0 Å². The van der Waals surface area contributed by atoms with E-state index in [0.29, 0.717) is 0 Å². The molecule has 0 aliphatic heterocycles. The van der Waals surface area contributed by atoms with E-state index in [0.717, 1.165) is 19.3 Å². The van der Waals surface area contributed by atoms with Gasteiger partial charge in [0, 0.05) is 6.61 Å². The first kappa shape index (κ1) is 10.2. The standard InChI is InChI=1S/C10H16O/c1-3-7-10(4-2)8-5-6-9-11/h3-4,7,11H,1-2,5-6,8-9H2/b10-7+. The maximum atomic E-state index is 8.52. The second kappa shape index (κ2) is 7.29. The van der Waals surface area contributed by atoms with Crippen molar-refractivity contribution in [2.75, 3.05) is 6.61 Å². The van der Waals surface area contributed by atoms with Crippen LogP contribution < -0.4 is 0 Å². The van der Waals surface area contributed by atoms with Gasteiger partial charge in [-0.15, -0.1) is 0 Å². The lowest BCUT2D eigenvalue weighted by Gasteiger charge is -1.98. The summed E-state index contributed by atoms with van der Waals surface area (Å²) >= 11 is 0. The number of aliphatic hydroxyl groups is 1. The summed E-state index contributed by atoms with van der Waals surface area (Å²) in [6.07, 6.45) is 8.40. The van der Waals surface area contributed by atoms with Crippen LogP contribution in [0.1, 0.15) is 19.3 Å². The van der Waals surface area contributed by atoms with Crippen LogP contribution in [0.4, 0.5) is 0 Å². The van der Waals surface area contributed by atoms with E-state index in [2.05, 4.69) is 13.2 Å². The van der Waals surface area contributed by atoms with E-state index in [-0.39, 0.29) is 6.61 Å². The Balaban J connectivity index is 3.60. The van der Waals surface area contributed by atoms with Crippen LogP contribution in [0.2, 0.25) is 0 Å². The highest BCUT2D eigenvalue weighted by Gasteiger charge is 1.89. The first-order chi connectivity index (χ1) is 5.35. The van der Waals surface area contributed by atoms with Crippen molar-refractivity contribution in [2.45, 2.75) is 19.3 Å². The van der Waals surface area contributed by atoms with Crippen molar-refractivity contribution >= 4 is 0 Å². The Labute approximate surface area is 68.7 Å². The normalized spacial score (nSPS) is 11.2. The Hall–Kier alpha value is -0.820. The Bertz CT molecular complexity index is 145. The lowest BCUT2D eigenvalue weighted by Crippen LogP contribution is -1.84. The second-order valence-electron chi connectivity index (χ2n) is 2.36. The van der Waals surface area contributed by atoms with E-state index in [9.17, 15) is 0 Å². The summed E-state index contributed by atoms with van der Waals surface area (Å²) in [7, 11) is 0. The Morgan fingerprint density at radius 3 is 2.45 bits per heavy atom. The van der Waals surface area contributed by atoms with Crippen molar-refractivity contribution in [3.8, 4) is 0 Å². The van der Waals surface area contributed by atoms with Crippen LogP contribution in [0.3, 0.4) is 0 Å². The summed E-state index contributed by atoms with van der Waals surface area (Å²) < 4.78 is 0. The van der Waals surface area contributed by atoms with Crippen molar-refractivity contribution in [1.29, 1.82) is 0 Å². The number of unbranched alkanes of at least 4 members (excludes halogenated alkanes) is 1. The summed E-state index contributed by atoms with van der Waals surface area (Å²) in [5, 5.41) is 8.52. The molecule has 11 heavy (non-hydrogen) atoms. The molecule has 0 radical (unpaired) electrons. The number of aliphatic hydroxyl groups excluding tert-OH is 1. The molecular weight excluding hydrogens is 136 g/mol. The van der Waals surface area contributed by atoms with Gasteiger partial charge in [0.2, 0.25) is 0 Å². The largest absolute Gasteiger partial charge is 0.396 e. The van der Waals surface area contributed by atoms with Gasteiger partial charge in [-0.25, -0.2) is 0 Å². The molecule has 0 atom stereocenters. The maximum absolute atomic E-state index is 8.52. The van der Waals surface area contributed by atoms with Crippen LogP contribution in [-0.2, 0) is 0 Å². The summed E-state index contributed by atoms with van der Waals surface area (Å²) in [6, 6.07) is 0. The van der Waals surface area contributed by atoms with Crippen molar-refractivity contribution in [2.24, 2.45) is 0 Å². The van der Waals surface area contributed by atoms with E-state index in [1.807, 2.05) is 12.2 Å². The topological polar surface area (TPSA) is 20.2 Å². The molecule has 0 bridgehead atoms. The van der Waals surface area contributed by atoms with E-state index in [1.54, 1.807) is 6.08 Å². The van der Waals surface area contributed by atoms with E-state index in [4.69, 9.17) is 5.11 Å². The summed E-state index contributed by atoms with van der Waals surface area (Å²) in [4.78, 5) is 0. The van der Waals surface area contributed by atoms with Crippen LogP contribution in [0, 0.1) is 0 Å². The molecular formula is C10H16O. The third kappa shape index (κ3) is 5.62. The Morgan fingerprint density at radius 1 is 1.27 bits per heavy atom. The second-order valence-corrected chi connectivity index (χ2v) is 2.36. The third-order valence-electron chi connectivity index (χ3n) is 1.47. The lowest BCUT2D eigenvalue weighted by atomic mass is 10.1. The van der Waals surface area contributed by atoms with Gasteiger partial charge in [0.15, 0.2) is 0 Å². The SMILES string of the molecule is C=C/C=C(\C=C)CCCCO. The highest BCUT2D eigenvalue weighted by molar-refractivity contribution is 5.20. The van der Waals surface area contributed by atoms with Gasteiger partial charge in [0.1, 0.15) is 0 Å². The van der Waals surface area contributed by atoms with Crippen molar-refractivity contribution in [3.05, 3.63) is 37.0 Å². The van der Waals surface area contributed by atoms with Crippen LogP contribution in [0.15, 0.2) is 37.0 Å². The van der Waals surface area contributed by atoms with Crippen LogP contribution in [-0.4, -0.2) is 11.7 Å². The molecule has 0 heterocycles. The highest BCUT2D eigenvalue weighted by atomic mass is 16.2. The zero-order valence-electron chi connectivity index (χ0n) is 6.92. The molecule has 0 aromatic heterocycles. The molecule has 0 rings (SSSR count). The van der Waals surface area contributed by atoms with Gasteiger partial charge in [-0.2, -0.15) is 0 Å². The molecule has 0 aromatic carbocycles. The van der Waals surface area contributed by atoms with Gasteiger partial charge in [0.05, 0.1) is 0 Å².